The zero-order valence-corrected chi connectivity index (χ0v) is 15.0. The van der Waals surface area contributed by atoms with Gasteiger partial charge in [-0.2, -0.15) is 0 Å². The predicted molar refractivity (Wildman–Crippen MR) is 102 cm³/mol. The summed E-state index contributed by atoms with van der Waals surface area (Å²) in [5, 5.41) is 0. The molecular weight excluding hydrogens is 324 g/mol. The lowest BCUT2D eigenvalue weighted by molar-refractivity contribution is -0.120. The second-order valence-electron chi connectivity index (χ2n) is 7.40. The molecule has 134 valence electrons. The molecule has 0 saturated heterocycles. The number of anilines is 1. The molecule has 0 N–H and O–H groups in total. The van der Waals surface area contributed by atoms with Crippen LogP contribution in [0, 0.1) is 5.92 Å². The Morgan fingerprint density at radius 3 is 2.46 bits per heavy atom. The van der Waals surface area contributed by atoms with E-state index < -0.39 is 0 Å². The highest BCUT2D eigenvalue weighted by atomic mass is 16.2. The molecule has 2 aliphatic rings. The van der Waals surface area contributed by atoms with Crippen LogP contribution in [-0.2, 0) is 16.1 Å². The average molecular weight is 348 g/mol. The largest absolute Gasteiger partial charge is 0.338 e. The van der Waals surface area contributed by atoms with Crippen molar-refractivity contribution in [1.29, 1.82) is 0 Å². The minimum atomic E-state index is -0.0540. The van der Waals surface area contributed by atoms with Gasteiger partial charge in [0.1, 0.15) is 0 Å². The first kappa shape index (κ1) is 16.8. The number of fused-ring (bicyclic) bond motifs is 1. The fraction of sp³-hybridized carbons (Fsp3) is 0.364. The van der Waals surface area contributed by atoms with Crippen LogP contribution < -0.4 is 4.90 Å². The number of carbonyl (C=O) groups excluding carboxylic acids is 2. The third-order valence-electron chi connectivity index (χ3n) is 5.54. The summed E-state index contributed by atoms with van der Waals surface area (Å²) in [5.41, 5.74) is 3.22. The fourth-order valence-corrected chi connectivity index (χ4v) is 3.90. The second-order valence-corrected chi connectivity index (χ2v) is 7.40. The zero-order chi connectivity index (χ0) is 18.1. The van der Waals surface area contributed by atoms with E-state index in [0.29, 0.717) is 6.54 Å². The maximum absolute atomic E-state index is 13.2. The standard InChI is InChI=1S/C22H24N2O2/c1-16-13-21(20-10-6-5-7-18(20)14-23(16)15-25)24(22(26)17-11-12-17)19-8-3-2-4-9-19/h2-10,15-17,21H,11-14H2,1H3. The van der Waals surface area contributed by atoms with Crippen molar-refractivity contribution in [3.05, 3.63) is 65.7 Å². The highest BCUT2D eigenvalue weighted by molar-refractivity contribution is 5.97. The molecule has 2 atom stereocenters. The topological polar surface area (TPSA) is 40.6 Å². The van der Waals surface area contributed by atoms with Crippen molar-refractivity contribution >= 4 is 18.0 Å². The van der Waals surface area contributed by atoms with E-state index in [9.17, 15) is 9.59 Å². The summed E-state index contributed by atoms with van der Waals surface area (Å²) in [6.07, 6.45) is 3.63. The molecule has 1 saturated carbocycles. The summed E-state index contributed by atoms with van der Waals surface area (Å²) in [6, 6.07) is 18.2. The van der Waals surface area contributed by atoms with Crippen LogP contribution in [0.3, 0.4) is 0 Å². The zero-order valence-electron chi connectivity index (χ0n) is 15.0. The highest BCUT2D eigenvalue weighted by Gasteiger charge is 2.39. The number of carbonyl (C=O) groups is 2. The van der Waals surface area contributed by atoms with Gasteiger partial charge in [0.25, 0.3) is 0 Å². The van der Waals surface area contributed by atoms with Gasteiger partial charge < -0.3 is 9.80 Å². The van der Waals surface area contributed by atoms with E-state index in [-0.39, 0.29) is 23.9 Å². The van der Waals surface area contributed by atoms with Crippen molar-refractivity contribution in [2.75, 3.05) is 4.90 Å². The molecule has 2 aromatic carbocycles. The summed E-state index contributed by atoms with van der Waals surface area (Å²) in [6.45, 7) is 2.66. The summed E-state index contributed by atoms with van der Waals surface area (Å²) < 4.78 is 0. The molecule has 2 amide bonds. The Morgan fingerprint density at radius 2 is 1.77 bits per heavy atom. The molecule has 0 spiro atoms. The number of rotatable bonds is 4. The number of amides is 2. The van der Waals surface area contributed by atoms with E-state index in [0.717, 1.165) is 42.5 Å². The van der Waals surface area contributed by atoms with Crippen LogP contribution in [0.4, 0.5) is 5.69 Å². The molecular formula is C22H24N2O2. The van der Waals surface area contributed by atoms with Crippen LogP contribution in [0.1, 0.15) is 43.4 Å². The molecule has 1 heterocycles. The Labute approximate surface area is 154 Å². The van der Waals surface area contributed by atoms with E-state index in [2.05, 4.69) is 19.1 Å². The van der Waals surface area contributed by atoms with Crippen molar-refractivity contribution in [3.8, 4) is 0 Å². The maximum atomic E-state index is 13.2. The molecule has 4 heteroatoms. The lowest BCUT2D eigenvalue weighted by Gasteiger charge is -2.34. The third-order valence-corrected chi connectivity index (χ3v) is 5.54. The van der Waals surface area contributed by atoms with Crippen molar-refractivity contribution < 1.29 is 9.59 Å². The first-order valence-corrected chi connectivity index (χ1v) is 9.36. The van der Waals surface area contributed by atoms with Crippen LogP contribution in [0.25, 0.3) is 0 Å². The molecule has 4 nitrogen and oxygen atoms in total. The number of para-hydroxylation sites is 1. The van der Waals surface area contributed by atoms with Crippen LogP contribution in [0.2, 0.25) is 0 Å². The fourth-order valence-electron chi connectivity index (χ4n) is 3.90. The van der Waals surface area contributed by atoms with Crippen LogP contribution in [-0.4, -0.2) is 23.3 Å². The summed E-state index contributed by atoms with van der Waals surface area (Å²) in [7, 11) is 0. The normalized spacial score (nSPS) is 22.3. The summed E-state index contributed by atoms with van der Waals surface area (Å²) >= 11 is 0. The SMILES string of the molecule is CC1CC(N(C(=O)C2CC2)c2ccccc2)c2ccccc2CN1C=O. The van der Waals surface area contributed by atoms with Crippen molar-refractivity contribution in [1.82, 2.24) is 4.90 Å². The van der Waals surface area contributed by atoms with Crippen molar-refractivity contribution in [2.45, 2.75) is 44.8 Å². The monoisotopic (exact) mass is 348 g/mol. The van der Waals surface area contributed by atoms with Gasteiger partial charge in [0, 0.05) is 24.2 Å². The maximum Gasteiger partial charge on any atom is 0.230 e. The Balaban J connectivity index is 1.81. The molecule has 26 heavy (non-hydrogen) atoms. The van der Waals surface area contributed by atoms with E-state index >= 15 is 0 Å². The van der Waals surface area contributed by atoms with Crippen LogP contribution in [0.5, 0.6) is 0 Å². The highest BCUT2D eigenvalue weighted by Crippen LogP contribution is 2.41. The summed E-state index contributed by atoms with van der Waals surface area (Å²) in [4.78, 5) is 28.6. The van der Waals surface area contributed by atoms with E-state index in [1.54, 1.807) is 0 Å². The molecule has 1 fully saturated rings. The Morgan fingerprint density at radius 1 is 1.08 bits per heavy atom. The third kappa shape index (κ3) is 3.12. The Bertz CT molecular complexity index is 801. The molecule has 0 aromatic heterocycles. The van der Waals surface area contributed by atoms with Gasteiger partial charge in [-0.05, 0) is 49.4 Å². The van der Waals surface area contributed by atoms with Gasteiger partial charge >= 0.3 is 0 Å². The predicted octanol–water partition coefficient (Wildman–Crippen LogP) is 3.92. The number of nitrogens with zero attached hydrogens (tertiary/aromatic N) is 2. The van der Waals surface area contributed by atoms with Gasteiger partial charge in [0.15, 0.2) is 0 Å². The molecule has 4 rings (SSSR count). The second kappa shape index (κ2) is 6.94. The minimum Gasteiger partial charge on any atom is -0.338 e. The number of hydrogen-bond acceptors (Lipinski definition) is 2. The number of benzene rings is 2. The van der Waals surface area contributed by atoms with Gasteiger partial charge in [-0.3, -0.25) is 9.59 Å². The van der Waals surface area contributed by atoms with Gasteiger partial charge in [-0.15, -0.1) is 0 Å². The van der Waals surface area contributed by atoms with Crippen LogP contribution >= 0.6 is 0 Å². The van der Waals surface area contributed by atoms with Crippen LogP contribution in [0.15, 0.2) is 54.6 Å². The first-order valence-electron chi connectivity index (χ1n) is 9.36. The molecule has 2 aromatic rings. The van der Waals surface area contributed by atoms with Gasteiger partial charge in [0.2, 0.25) is 12.3 Å². The van der Waals surface area contributed by atoms with Gasteiger partial charge in [-0.25, -0.2) is 0 Å². The smallest absolute Gasteiger partial charge is 0.230 e. The van der Waals surface area contributed by atoms with Gasteiger partial charge in [0.05, 0.1) is 6.04 Å². The van der Waals surface area contributed by atoms with Crippen molar-refractivity contribution in [3.63, 3.8) is 0 Å². The number of hydrogen-bond donors (Lipinski definition) is 0. The van der Waals surface area contributed by atoms with Crippen molar-refractivity contribution in [2.24, 2.45) is 5.92 Å². The molecule has 1 aliphatic heterocycles. The Hall–Kier alpha value is -2.62. The molecule has 0 bridgehead atoms. The van der Waals surface area contributed by atoms with E-state index in [1.165, 1.54) is 0 Å². The lowest BCUT2D eigenvalue weighted by atomic mass is 9.95. The van der Waals surface area contributed by atoms with E-state index in [1.807, 2.05) is 52.3 Å². The molecule has 1 aliphatic carbocycles. The first-order chi connectivity index (χ1) is 12.7. The Kier molecular flexibility index (Phi) is 4.49. The minimum absolute atomic E-state index is 0.0540. The molecule has 0 radical (unpaired) electrons. The summed E-state index contributed by atoms with van der Waals surface area (Å²) in [5.74, 6) is 0.353. The average Bonchev–Trinajstić information content (AvgIpc) is 3.52. The lowest BCUT2D eigenvalue weighted by Crippen LogP contribution is -2.39. The van der Waals surface area contributed by atoms with Gasteiger partial charge in [-0.1, -0.05) is 42.5 Å². The molecule has 2 unspecified atom stereocenters. The van der Waals surface area contributed by atoms with E-state index in [4.69, 9.17) is 0 Å². The quantitative estimate of drug-likeness (QED) is 0.786.